The van der Waals surface area contributed by atoms with Crippen LogP contribution in [0.3, 0.4) is 0 Å². The van der Waals surface area contributed by atoms with E-state index < -0.39 is 5.54 Å². The standard InChI is InChI=1S/C17H24ClN3O2/c1-4-20(12-13-8-5-6-9-14(13)18)10-7-11-21-15(22)17(2,3)19-16(21)23/h5-6,8-9H,4,7,10-12H2,1-3H3,(H,19,23). The first-order valence-electron chi connectivity index (χ1n) is 7.95. The first-order chi connectivity index (χ1) is 10.8. The van der Waals surface area contributed by atoms with E-state index in [2.05, 4.69) is 17.1 Å². The van der Waals surface area contributed by atoms with Crippen molar-refractivity contribution in [2.24, 2.45) is 0 Å². The van der Waals surface area contributed by atoms with Gasteiger partial charge in [-0.1, -0.05) is 36.7 Å². The van der Waals surface area contributed by atoms with Crippen molar-refractivity contribution in [3.05, 3.63) is 34.9 Å². The van der Waals surface area contributed by atoms with Gasteiger partial charge in [0.05, 0.1) is 0 Å². The molecule has 0 atom stereocenters. The molecule has 1 aliphatic rings. The van der Waals surface area contributed by atoms with Crippen molar-refractivity contribution in [2.75, 3.05) is 19.6 Å². The van der Waals surface area contributed by atoms with Crippen LogP contribution in [0.2, 0.25) is 5.02 Å². The molecule has 3 amide bonds. The van der Waals surface area contributed by atoms with Gasteiger partial charge in [-0.15, -0.1) is 0 Å². The summed E-state index contributed by atoms with van der Waals surface area (Å²) in [6.45, 7) is 8.44. The summed E-state index contributed by atoms with van der Waals surface area (Å²) in [5, 5.41) is 3.46. The normalized spacial score (nSPS) is 17.0. The molecule has 0 aromatic heterocycles. The largest absolute Gasteiger partial charge is 0.325 e. The maximum atomic E-state index is 12.1. The van der Waals surface area contributed by atoms with Gasteiger partial charge < -0.3 is 5.32 Å². The van der Waals surface area contributed by atoms with Crippen molar-refractivity contribution in [1.29, 1.82) is 0 Å². The van der Waals surface area contributed by atoms with E-state index in [4.69, 9.17) is 11.6 Å². The summed E-state index contributed by atoms with van der Waals surface area (Å²) in [4.78, 5) is 27.5. The number of hydrogen-bond acceptors (Lipinski definition) is 3. The average Bonchev–Trinajstić information content (AvgIpc) is 2.69. The Labute approximate surface area is 142 Å². The molecule has 0 radical (unpaired) electrons. The highest BCUT2D eigenvalue weighted by atomic mass is 35.5. The van der Waals surface area contributed by atoms with Crippen LogP contribution in [0.5, 0.6) is 0 Å². The van der Waals surface area contributed by atoms with E-state index in [0.717, 1.165) is 36.6 Å². The van der Waals surface area contributed by atoms with Crippen molar-refractivity contribution < 1.29 is 9.59 Å². The van der Waals surface area contributed by atoms with Crippen molar-refractivity contribution in [2.45, 2.75) is 39.3 Å². The Kier molecular flexibility index (Phi) is 5.65. The molecular weight excluding hydrogens is 314 g/mol. The van der Waals surface area contributed by atoms with Crippen molar-refractivity contribution >= 4 is 23.5 Å². The molecule has 0 saturated carbocycles. The van der Waals surface area contributed by atoms with Crippen LogP contribution in [0.1, 0.15) is 32.8 Å². The van der Waals surface area contributed by atoms with Gasteiger partial charge in [0.2, 0.25) is 0 Å². The minimum atomic E-state index is -0.793. The van der Waals surface area contributed by atoms with E-state index in [1.54, 1.807) is 13.8 Å². The number of hydrogen-bond donors (Lipinski definition) is 1. The van der Waals surface area contributed by atoms with Crippen molar-refractivity contribution in [3.8, 4) is 0 Å². The Morgan fingerprint density at radius 2 is 1.96 bits per heavy atom. The Balaban J connectivity index is 1.86. The SMILES string of the molecule is CCN(CCCN1C(=O)NC(C)(C)C1=O)Cc1ccccc1Cl. The molecule has 5 nitrogen and oxygen atoms in total. The number of carbonyl (C=O) groups excluding carboxylic acids is 2. The lowest BCUT2D eigenvalue weighted by molar-refractivity contribution is -0.130. The topological polar surface area (TPSA) is 52.6 Å². The number of imide groups is 1. The summed E-state index contributed by atoms with van der Waals surface area (Å²) in [5.41, 5.74) is 0.297. The van der Waals surface area contributed by atoms with Crippen LogP contribution in [0, 0.1) is 0 Å². The van der Waals surface area contributed by atoms with Gasteiger partial charge in [0.15, 0.2) is 0 Å². The predicted octanol–water partition coefficient (Wildman–Crippen LogP) is 2.88. The lowest BCUT2D eigenvalue weighted by atomic mass is 10.1. The molecule has 6 heteroatoms. The summed E-state index contributed by atoms with van der Waals surface area (Å²) < 4.78 is 0. The van der Waals surface area contributed by atoms with Gasteiger partial charge >= 0.3 is 6.03 Å². The second-order valence-electron chi connectivity index (χ2n) is 6.33. The number of nitrogens with one attached hydrogen (secondary N) is 1. The zero-order valence-electron chi connectivity index (χ0n) is 13.9. The fourth-order valence-electron chi connectivity index (χ4n) is 2.69. The Morgan fingerprint density at radius 1 is 1.26 bits per heavy atom. The fraction of sp³-hybridized carbons (Fsp3) is 0.529. The molecule has 2 rings (SSSR count). The van der Waals surface area contributed by atoms with Crippen LogP contribution >= 0.6 is 11.6 Å². The van der Waals surface area contributed by atoms with Crippen molar-refractivity contribution in [1.82, 2.24) is 15.1 Å². The Hall–Kier alpha value is -1.59. The Bertz CT molecular complexity index is 589. The monoisotopic (exact) mass is 337 g/mol. The van der Waals surface area contributed by atoms with Crippen LogP contribution in [0.25, 0.3) is 0 Å². The van der Waals surface area contributed by atoms with Gasteiger partial charge in [-0.2, -0.15) is 0 Å². The average molecular weight is 338 g/mol. The highest BCUT2D eigenvalue weighted by Gasteiger charge is 2.43. The highest BCUT2D eigenvalue weighted by molar-refractivity contribution is 6.31. The van der Waals surface area contributed by atoms with Crippen molar-refractivity contribution in [3.63, 3.8) is 0 Å². The molecule has 1 N–H and O–H groups in total. The number of benzene rings is 1. The van der Waals surface area contributed by atoms with Gasteiger partial charge in [-0.05, 0) is 38.4 Å². The van der Waals surface area contributed by atoms with E-state index in [9.17, 15) is 9.59 Å². The van der Waals surface area contributed by atoms with Crippen LogP contribution in [0.4, 0.5) is 4.79 Å². The predicted molar refractivity (Wildman–Crippen MR) is 91.3 cm³/mol. The van der Waals surface area contributed by atoms with E-state index in [1.165, 1.54) is 4.90 Å². The quantitative estimate of drug-likeness (QED) is 0.778. The second-order valence-corrected chi connectivity index (χ2v) is 6.73. The molecule has 126 valence electrons. The minimum absolute atomic E-state index is 0.156. The molecule has 0 unspecified atom stereocenters. The Morgan fingerprint density at radius 3 is 2.52 bits per heavy atom. The number of carbonyl (C=O) groups is 2. The molecule has 1 aliphatic heterocycles. The molecule has 1 heterocycles. The number of nitrogens with zero attached hydrogens (tertiary/aromatic N) is 2. The highest BCUT2D eigenvalue weighted by Crippen LogP contribution is 2.18. The zero-order chi connectivity index (χ0) is 17.0. The van der Waals surface area contributed by atoms with Gasteiger partial charge in [0, 0.05) is 24.7 Å². The zero-order valence-corrected chi connectivity index (χ0v) is 14.7. The summed E-state index contributed by atoms with van der Waals surface area (Å²) in [6.07, 6.45) is 0.744. The van der Waals surface area contributed by atoms with Gasteiger partial charge in [-0.3, -0.25) is 14.6 Å². The molecule has 1 saturated heterocycles. The van der Waals surface area contributed by atoms with Crippen LogP contribution in [-0.2, 0) is 11.3 Å². The second kappa shape index (κ2) is 7.32. The van der Waals surface area contributed by atoms with Crippen LogP contribution in [0.15, 0.2) is 24.3 Å². The summed E-state index contributed by atoms with van der Waals surface area (Å²) in [5.74, 6) is -0.156. The van der Waals surface area contributed by atoms with Crippen LogP contribution in [-0.4, -0.2) is 46.9 Å². The van der Waals surface area contributed by atoms with Gasteiger partial charge in [0.1, 0.15) is 5.54 Å². The van der Waals surface area contributed by atoms with E-state index in [1.807, 2.05) is 24.3 Å². The molecule has 1 aromatic rings. The van der Waals surface area contributed by atoms with Gasteiger partial charge in [-0.25, -0.2) is 4.79 Å². The molecule has 1 aromatic carbocycles. The molecular formula is C17H24ClN3O2. The molecule has 0 aliphatic carbocycles. The summed E-state index contributed by atoms with van der Waals surface area (Å²) >= 11 is 6.20. The third-order valence-corrected chi connectivity index (χ3v) is 4.47. The number of urea groups is 1. The number of rotatable bonds is 7. The third kappa shape index (κ3) is 4.24. The maximum absolute atomic E-state index is 12.1. The number of halogens is 1. The molecule has 1 fully saturated rings. The fourth-order valence-corrected chi connectivity index (χ4v) is 2.89. The summed E-state index contributed by atoms with van der Waals surface area (Å²) in [7, 11) is 0. The molecule has 23 heavy (non-hydrogen) atoms. The minimum Gasteiger partial charge on any atom is -0.324 e. The lowest BCUT2D eigenvalue weighted by Gasteiger charge is -2.22. The van der Waals surface area contributed by atoms with E-state index >= 15 is 0 Å². The number of amides is 3. The molecule has 0 spiro atoms. The third-order valence-electron chi connectivity index (χ3n) is 4.10. The first-order valence-corrected chi connectivity index (χ1v) is 8.33. The smallest absolute Gasteiger partial charge is 0.324 e. The van der Waals surface area contributed by atoms with E-state index in [0.29, 0.717) is 6.54 Å². The maximum Gasteiger partial charge on any atom is 0.325 e. The summed E-state index contributed by atoms with van der Waals surface area (Å²) in [6, 6.07) is 7.51. The van der Waals surface area contributed by atoms with E-state index in [-0.39, 0.29) is 11.9 Å². The van der Waals surface area contributed by atoms with Crippen LogP contribution < -0.4 is 5.32 Å². The first kappa shape index (κ1) is 17.8. The lowest BCUT2D eigenvalue weighted by Crippen LogP contribution is -2.40. The molecule has 0 bridgehead atoms. The van der Waals surface area contributed by atoms with Gasteiger partial charge in [0.25, 0.3) is 5.91 Å².